The van der Waals surface area contributed by atoms with E-state index in [2.05, 4.69) is 4.74 Å². The molecule has 0 radical (unpaired) electrons. The van der Waals surface area contributed by atoms with Gasteiger partial charge in [0, 0.05) is 0 Å². The molecule has 13 heavy (non-hydrogen) atoms. The molecule has 1 aromatic rings. The minimum atomic E-state index is -1.39. The molecule has 0 bridgehead atoms. The van der Waals surface area contributed by atoms with E-state index in [4.69, 9.17) is 10.3 Å². The Morgan fingerprint density at radius 2 is 2.15 bits per heavy atom. The van der Waals surface area contributed by atoms with Crippen LogP contribution < -0.4 is 10.3 Å². The lowest BCUT2D eigenvalue weighted by Gasteiger charge is -2.03. The molecule has 6 nitrogen and oxygen atoms in total. The number of ether oxygens (including phenoxy) is 1. The van der Waals surface area contributed by atoms with E-state index in [1.165, 1.54) is 13.2 Å². The Kier molecular flexibility index (Phi) is 2.23. The molecule has 0 amide bonds. The van der Waals surface area contributed by atoms with E-state index in [0.29, 0.717) is 0 Å². The van der Waals surface area contributed by atoms with Crippen LogP contribution in [0.2, 0.25) is 0 Å². The van der Waals surface area contributed by atoms with Crippen LogP contribution in [0.3, 0.4) is 0 Å². The fourth-order valence-corrected chi connectivity index (χ4v) is 0.828. The number of rotatable bonds is 2. The highest BCUT2D eigenvalue weighted by atomic mass is 16.5. The Hall–Kier alpha value is -1.98. The SMILES string of the molecule is COc1ccc(C(=O)O)n(O)c1=O. The van der Waals surface area contributed by atoms with Gasteiger partial charge in [0.2, 0.25) is 0 Å². The number of aromatic carboxylic acids is 1. The van der Waals surface area contributed by atoms with Crippen molar-refractivity contribution in [2.75, 3.05) is 7.11 Å². The van der Waals surface area contributed by atoms with E-state index in [1.807, 2.05) is 0 Å². The summed E-state index contributed by atoms with van der Waals surface area (Å²) in [6.45, 7) is 0. The summed E-state index contributed by atoms with van der Waals surface area (Å²) in [5, 5.41) is 17.5. The number of hydrogen-bond acceptors (Lipinski definition) is 4. The predicted molar refractivity (Wildman–Crippen MR) is 41.4 cm³/mol. The lowest BCUT2D eigenvalue weighted by atomic mass is 10.3. The molecule has 0 unspecified atom stereocenters. The third kappa shape index (κ3) is 1.46. The van der Waals surface area contributed by atoms with Crippen molar-refractivity contribution < 1.29 is 19.8 Å². The largest absolute Gasteiger partial charge is 0.491 e. The predicted octanol–water partition coefficient (Wildman–Crippen LogP) is -0.208. The lowest BCUT2D eigenvalue weighted by Crippen LogP contribution is -2.24. The van der Waals surface area contributed by atoms with Crippen LogP contribution in [0.1, 0.15) is 10.5 Å². The third-order valence-electron chi connectivity index (χ3n) is 1.46. The Morgan fingerprint density at radius 1 is 1.54 bits per heavy atom. The Balaban J connectivity index is 3.40. The van der Waals surface area contributed by atoms with E-state index >= 15 is 0 Å². The number of pyridine rings is 1. The topological polar surface area (TPSA) is 88.8 Å². The van der Waals surface area contributed by atoms with Gasteiger partial charge in [-0.15, -0.1) is 4.73 Å². The van der Waals surface area contributed by atoms with Gasteiger partial charge in [-0.05, 0) is 12.1 Å². The van der Waals surface area contributed by atoms with E-state index in [-0.39, 0.29) is 10.5 Å². The van der Waals surface area contributed by atoms with Gasteiger partial charge in [0.05, 0.1) is 7.11 Å². The standard InChI is InChI=1S/C7H7NO5/c1-13-5-3-2-4(7(10)11)8(12)6(5)9/h2-3,12H,1H3,(H,10,11). The van der Waals surface area contributed by atoms with E-state index in [9.17, 15) is 9.59 Å². The number of carbonyl (C=O) groups is 1. The lowest BCUT2D eigenvalue weighted by molar-refractivity contribution is 0.0633. The Bertz CT molecular complexity index is 394. The molecule has 0 aromatic carbocycles. The number of methoxy groups -OCH3 is 1. The summed E-state index contributed by atoms with van der Waals surface area (Å²) in [6.07, 6.45) is 0. The van der Waals surface area contributed by atoms with Crippen LogP contribution in [0.4, 0.5) is 0 Å². The smallest absolute Gasteiger partial charge is 0.356 e. The van der Waals surface area contributed by atoms with Crippen molar-refractivity contribution in [2.24, 2.45) is 0 Å². The molecule has 1 rings (SSSR count). The van der Waals surface area contributed by atoms with Crippen LogP contribution in [-0.2, 0) is 0 Å². The molecule has 0 spiro atoms. The van der Waals surface area contributed by atoms with Crippen LogP contribution in [0.25, 0.3) is 0 Å². The van der Waals surface area contributed by atoms with Crippen LogP contribution in [0.5, 0.6) is 5.75 Å². The van der Waals surface area contributed by atoms with Crippen LogP contribution in [-0.4, -0.2) is 28.1 Å². The zero-order chi connectivity index (χ0) is 10.0. The number of carboxylic acid groups (broad SMARTS) is 1. The van der Waals surface area contributed by atoms with Crippen LogP contribution in [0, 0.1) is 0 Å². The highest BCUT2D eigenvalue weighted by Gasteiger charge is 2.12. The zero-order valence-electron chi connectivity index (χ0n) is 6.72. The molecule has 0 aliphatic rings. The average molecular weight is 185 g/mol. The summed E-state index contributed by atoms with van der Waals surface area (Å²) >= 11 is 0. The first-order chi connectivity index (χ1) is 6.07. The molecular weight excluding hydrogens is 178 g/mol. The van der Waals surface area contributed by atoms with Gasteiger partial charge in [-0.1, -0.05) is 0 Å². The summed E-state index contributed by atoms with van der Waals surface area (Å²) in [5.74, 6) is -1.50. The van der Waals surface area contributed by atoms with Gasteiger partial charge in [0.15, 0.2) is 11.4 Å². The van der Waals surface area contributed by atoms with Gasteiger partial charge in [-0.3, -0.25) is 4.79 Å². The van der Waals surface area contributed by atoms with E-state index in [0.717, 1.165) is 6.07 Å². The normalized spacial score (nSPS) is 9.62. The van der Waals surface area contributed by atoms with Gasteiger partial charge in [0.25, 0.3) is 0 Å². The summed E-state index contributed by atoms with van der Waals surface area (Å²) in [5.41, 5.74) is -1.41. The van der Waals surface area contributed by atoms with Gasteiger partial charge < -0.3 is 15.1 Å². The maximum atomic E-state index is 11.0. The van der Waals surface area contributed by atoms with E-state index < -0.39 is 17.2 Å². The molecule has 1 heterocycles. The first-order valence-corrected chi connectivity index (χ1v) is 3.30. The molecule has 1 aromatic heterocycles. The molecule has 0 atom stereocenters. The van der Waals surface area contributed by atoms with Crippen molar-refractivity contribution in [2.45, 2.75) is 0 Å². The molecule has 0 saturated heterocycles. The minimum Gasteiger partial charge on any atom is -0.491 e. The second kappa shape index (κ2) is 3.18. The van der Waals surface area contributed by atoms with Crippen molar-refractivity contribution in [3.05, 3.63) is 28.2 Å². The fourth-order valence-electron chi connectivity index (χ4n) is 0.828. The number of aromatic nitrogens is 1. The number of carboxylic acids is 1. The Labute approximate surface area is 72.6 Å². The average Bonchev–Trinajstić information content (AvgIpc) is 2.09. The first-order valence-electron chi connectivity index (χ1n) is 3.30. The summed E-state index contributed by atoms with van der Waals surface area (Å²) in [6, 6.07) is 2.25. The van der Waals surface area contributed by atoms with Crippen LogP contribution >= 0.6 is 0 Å². The molecule has 0 aliphatic carbocycles. The summed E-state index contributed by atoms with van der Waals surface area (Å²) < 4.78 is 4.60. The molecule has 2 N–H and O–H groups in total. The number of hydrogen-bond donors (Lipinski definition) is 2. The van der Waals surface area contributed by atoms with Crippen molar-refractivity contribution in [1.29, 1.82) is 0 Å². The van der Waals surface area contributed by atoms with Crippen molar-refractivity contribution in [3.63, 3.8) is 0 Å². The molecule has 0 fully saturated rings. The summed E-state index contributed by atoms with van der Waals surface area (Å²) in [4.78, 5) is 21.5. The van der Waals surface area contributed by atoms with Gasteiger partial charge in [-0.25, -0.2) is 4.79 Å². The Morgan fingerprint density at radius 3 is 2.62 bits per heavy atom. The van der Waals surface area contributed by atoms with Gasteiger partial charge in [-0.2, -0.15) is 0 Å². The monoisotopic (exact) mass is 185 g/mol. The molecule has 0 saturated carbocycles. The van der Waals surface area contributed by atoms with E-state index in [1.54, 1.807) is 0 Å². The minimum absolute atomic E-state index is 0.0289. The summed E-state index contributed by atoms with van der Waals surface area (Å²) in [7, 11) is 1.25. The zero-order valence-corrected chi connectivity index (χ0v) is 6.72. The van der Waals surface area contributed by atoms with Crippen LogP contribution in [0.15, 0.2) is 16.9 Å². The maximum Gasteiger partial charge on any atom is 0.356 e. The van der Waals surface area contributed by atoms with Crippen molar-refractivity contribution in [1.82, 2.24) is 4.73 Å². The van der Waals surface area contributed by atoms with Gasteiger partial charge in [0.1, 0.15) is 0 Å². The highest BCUT2D eigenvalue weighted by Crippen LogP contribution is 2.03. The fraction of sp³-hybridized carbons (Fsp3) is 0.143. The number of nitrogens with zero attached hydrogens (tertiary/aromatic N) is 1. The molecule has 6 heteroatoms. The molecule has 70 valence electrons. The first kappa shape index (κ1) is 9.11. The third-order valence-corrected chi connectivity index (χ3v) is 1.46. The second-order valence-electron chi connectivity index (χ2n) is 2.21. The highest BCUT2D eigenvalue weighted by molar-refractivity contribution is 5.85. The quantitative estimate of drug-likeness (QED) is 0.622. The van der Waals surface area contributed by atoms with Crippen molar-refractivity contribution >= 4 is 5.97 Å². The second-order valence-corrected chi connectivity index (χ2v) is 2.21. The molecule has 0 aliphatic heterocycles. The molecular formula is C7H7NO5. The maximum absolute atomic E-state index is 11.0. The van der Waals surface area contributed by atoms with Gasteiger partial charge >= 0.3 is 11.5 Å². The van der Waals surface area contributed by atoms with Crippen molar-refractivity contribution in [3.8, 4) is 5.75 Å².